The van der Waals surface area contributed by atoms with Gasteiger partial charge in [-0.3, -0.25) is 0 Å². The summed E-state index contributed by atoms with van der Waals surface area (Å²) in [5.74, 6) is 0.771. The average molecular weight is 240 g/mol. The Hall–Kier alpha value is -0.900. The van der Waals surface area contributed by atoms with Gasteiger partial charge in [-0.15, -0.1) is 0 Å². The number of rotatable bonds is 0. The molecule has 1 aromatic heterocycles. The Morgan fingerprint density at radius 2 is 2.46 bits per heavy atom. The molecule has 0 aromatic carbocycles. The van der Waals surface area contributed by atoms with Crippen LogP contribution in [0.3, 0.4) is 0 Å². The van der Waals surface area contributed by atoms with Crippen molar-refractivity contribution in [2.24, 2.45) is 4.99 Å². The first kappa shape index (κ1) is 8.69. The third-order valence-electron chi connectivity index (χ3n) is 1.91. The molecule has 1 atom stereocenters. The zero-order chi connectivity index (χ0) is 9.26. The van der Waals surface area contributed by atoms with Gasteiger partial charge in [0.15, 0.2) is 5.82 Å². The SMILES string of the molecule is C[C@@H]1CC=Nc2ncc(Br)cc2N1. The Bertz CT molecular complexity index is 349. The molecule has 2 rings (SSSR count). The lowest BCUT2D eigenvalue weighted by Crippen LogP contribution is -2.13. The maximum absolute atomic E-state index is 4.26. The van der Waals surface area contributed by atoms with E-state index in [0.29, 0.717) is 6.04 Å². The number of hydrogen-bond donors (Lipinski definition) is 1. The van der Waals surface area contributed by atoms with Crippen LogP contribution < -0.4 is 5.32 Å². The van der Waals surface area contributed by atoms with Crippen LogP contribution in [0.5, 0.6) is 0 Å². The smallest absolute Gasteiger partial charge is 0.175 e. The highest BCUT2D eigenvalue weighted by Crippen LogP contribution is 2.27. The highest BCUT2D eigenvalue weighted by Gasteiger charge is 2.09. The van der Waals surface area contributed by atoms with Gasteiger partial charge in [-0.2, -0.15) is 0 Å². The Kier molecular flexibility index (Phi) is 2.31. The first-order chi connectivity index (χ1) is 6.25. The van der Waals surface area contributed by atoms with Gasteiger partial charge in [0.2, 0.25) is 0 Å². The summed E-state index contributed by atoms with van der Waals surface area (Å²) >= 11 is 3.38. The molecule has 1 aliphatic heterocycles. The maximum atomic E-state index is 4.26. The van der Waals surface area contributed by atoms with E-state index in [1.807, 2.05) is 12.3 Å². The Morgan fingerprint density at radius 1 is 1.62 bits per heavy atom. The summed E-state index contributed by atoms with van der Waals surface area (Å²) in [6.45, 7) is 2.13. The molecule has 13 heavy (non-hydrogen) atoms. The van der Waals surface area contributed by atoms with E-state index >= 15 is 0 Å². The molecule has 1 N–H and O–H groups in total. The molecule has 0 fully saturated rings. The van der Waals surface area contributed by atoms with E-state index in [4.69, 9.17) is 0 Å². The molecule has 0 saturated heterocycles. The van der Waals surface area contributed by atoms with E-state index in [2.05, 4.69) is 38.1 Å². The largest absolute Gasteiger partial charge is 0.379 e. The van der Waals surface area contributed by atoms with Crippen molar-refractivity contribution in [1.82, 2.24) is 4.98 Å². The van der Waals surface area contributed by atoms with Gasteiger partial charge >= 0.3 is 0 Å². The number of nitrogens with zero attached hydrogens (tertiary/aromatic N) is 2. The summed E-state index contributed by atoms with van der Waals surface area (Å²) in [6.07, 6.45) is 4.60. The van der Waals surface area contributed by atoms with E-state index in [1.54, 1.807) is 6.20 Å². The van der Waals surface area contributed by atoms with Gasteiger partial charge in [0.1, 0.15) is 0 Å². The molecule has 0 aliphatic carbocycles. The van der Waals surface area contributed by atoms with Crippen LogP contribution in [-0.4, -0.2) is 17.2 Å². The highest BCUT2D eigenvalue weighted by atomic mass is 79.9. The van der Waals surface area contributed by atoms with Gasteiger partial charge in [0.25, 0.3) is 0 Å². The number of pyridine rings is 1. The normalized spacial score (nSPS) is 20.3. The van der Waals surface area contributed by atoms with Crippen molar-refractivity contribution in [1.29, 1.82) is 0 Å². The number of aromatic nitrogens is 1. The zero-order valence-corrected chi connectivity index (χ0v) is 8.87. The second-order valence-electron chi connectivity index (χ2n) is 3.12. The summed E-state index contributed by atoms with van der Waals surface area (Å²) in [6, 6.07) is 2.42. The van der Waals surface area contributed by atoms with Crippen LogP contribution in [0.15, 0.2) is 21.7 Å². The summed E-state index contributed by atoms with van der Waals surface area (Å²) in [5, 5.41) is 3.35. The molecule has 3 nitrogen and oxygen atoms in total. The van der Waals surface area contributed by atoms with Crippen molar-refractivity contribution < 1.29 is 0 Å². The molecule has 2 heterocycles. The number of halogens is 1. The Balaban J connectivity index is 2.44. The molecule has 0 unspecified atom stereocenters. The second kappa shape index (κ2) is 3.46. The summed E-state index contributed by atoms with van der Waals surface area (Å²) in [4.78, 5) is 8.46. The van der Waals surface area contributed by atoms with Gasteiger partial charge in [-0.05, 0) is 28.9 Å². The summed E-state index contributed by atoms with van der Waals surface area (Å²) in [5.41, 5.74) is 0.996. The third-order valence-corrected chi connectivity index (χ3v) is 2.34. The second-order valence-corrected chi connectivity index (χ2v) is 4.03. The predicted octanol–water partition coefficient (Wildman–Crippen LogP) is 2.75. The molecule has 0 radical (unpaired) electrons. The third kappa shape index (κ3) is 1.88. The van der Waals surface area contributed by atoms with Gasteiger partial charge < -0.3 is 5.32 Å². The van der Waals surface area contributed by atoms with Gasteiger partial charge in [-0.25, -0.2) is 9.98 Å². The van der Waals surface area contributed by atoms with Crippen molar-refractivity contribution in [2.75, 3.05) is 5.32 Å². The van der Waals surface area contributed by atoms with E-state index in [-0.39, 0.29) is 0 Å². The van der Waals surface area contributed by atoms with Crippen LogP contribution in [0.4, 0.5) is 11.5 Å². The quantitative estimate of drug-likeness (QED) is 0.757. The van der Waals surface area contributed by atoms with Crippen LogP contribution in [0.1, 0.15) is 13.3 Å². The first-order valence-corrected chi connectivity index (χ1v) is 4.99. The molecule has 0 spiro atoms. The molecule has 4 heteroatoms. The van der Waals surface area contributed by atoms with Crippen molar-refractivity contribution >= 4 is 33.6 Å². The number of fused-ring (bicyclic) bond motifs is 1. The predicted molar refractivity (Wildman–Crippen MR) is 57.8 cm³/mol. The maximum Gasteiger partial charge on any atom is 0.175 e. The monoisotopic (exact) mass is 239 g/mol. The van der Waals surface area contributed by atoms with Crippen molar-refractivity contribution in [3.63, 3.8) is 0 Å². The molecule has 68 valence electrons. The van der Waals surface area contributed by atoms with Crippen LogP contribution in [0, 0.1) is 0 Å². The van der Waals surface area contributed by atoms with Crippen LogP contribution >= 0.6 is 15.9 Å². The minimum Gasteiger partial charge on any atom is -0.379 e. The lowest BCUT2D eigenvalue weighted by molar-refractivity contribution is 0.851. The molecule has 0 amide bonds. The topological polar surface area (TPSA) is 37.3 Å². The Morgan fingerprint density at radius 3 is 3.31 bits per heavy atom. The van der Waals surface area contributed by atoms with E-state index in [1.165, 1.54) is 0 Å². The molecular formula is C9H10BrN3. The standard InChI is InChI=1S/C9H10BrN3/c1-6-2-3-11-9-8(13-6)4-7(10)5-12-9/h3-6,13H,2H2,1H3/t6-/m1/s1. The van der Waals surface area contributed by atoms with Crippen LogP contribution in [-0.2, 0) is 0 Å². The fourth-order valence-electron chi connectivity index (χ4n) is 1.26. The van der Waals surface area contributed by atoms with Gasteiger partial charge in [-0.1, -0.05) is 0 Å². The molecule has 0 saturated carbocycles. The van der Waals surface area contributed by atoms with Crippen molar-refractivity contribution in [3.05, 3.63) is 16.7 Å². The highest BCUT2D eigenvalue weighted by molar-refractivity contribution is 9.10. The number of nitrogens with one attached hydrogen (secondary N) is 1. The lowest BCUT2D eigenvalue weighted by atomic mass is 10.2. The fraction of sp³-hybridized carbons (Fsp3) is 0.333. The van der Waals surface area contributed by atoms with Crippen LogP contribution in [0.2, 0.25) is 0 Å². The minimum absolute atomic E-state index is 0.418. The van der Waals surface area contributed by atoms with Crippen LogP contribution in [0.25, 0.3) is 0 Å². The molecular weight excluding hydrogens is 230 g/mol. The fourth-order valence-corrected chi connectivity index (χ4v) is 1.59. The number of hydrogen-bond acceptors (Lipinski definition) is 3. The molecule has 0 bridgehead atoms. The van der Waals surface area contributed by atoms with E-state index in [9.17, 15) is 0 Å². The number of anilines is 1. The first-order valence-electron chi connectivity index (χ1n) is 4.20. The van der Waals surface area contributed by atoms with E-state index in [0.717, 1.165) is 22.4 Å². The minimum atomic E-state index is 0.418. The lowest BCUT2D eigenvalue weighted by Gasteiger charge is -2.11. The molecule has 1 aliphatic rings. The summed E-state index contributed by atoms with van der Waals surface area (Å²) in [7, 11) is 0. The van der Waals surface area contributed by atoms with Crippen molar-refractivity contribution in [2.45, 2.75) is 19.4 Å². The van der Waals surface area contributed by atoms with E-state index < -0.39 is 0 Å². The Labute approximate surface area is 85.4 Å². The van der Waals surface area contributed by atoms with Gasteiger partial charge in [0, 0.05) is 29.3 Å². The zero-order valence-electron chi connectivity index (χ0n) is 7.29. The average Bonchev–Trinajstić information content (AvgIpc) is 2.25. The van der Waals surface area contributed by atoms with Gasteiger partial charge in [0.05, 0.1) is 5.69 Å². The molecule has 1 aromatic rings. The number of aliphatic imine (C=N–C) groups is 1. The van der Waals surface area contributed by atoms with Crippen molar-refractivity contribution in [3.8, 4) is 0 Å². The summed E-state index contributed by atoms with van der Waals surface area (Å²) < 4.78 is 0.975.